The molecule has 2 aromatic rings. The van der Waals surface area contributed by atoms with Crippen molar-refractivity contribution in [2.75, 3.05) is 5.32 Å². The number of aryl methyl sites for hydroxylation is 1. The molecular weight excluding hydrogens is 262 g/mol. The first-order valence-electron chi connectivity index (χ1n) is 7.01. The molecule has 0 unspecified atom stereocenters. The van der Waals surface area contributed by atoms with Crippen LogP contribution in [-0.4, -0.2) is 11.7 Å². The molecule has 1 N–H and O–H groups in total. The summed E-state index contributed by atoms with van der Waals surface area (Å²) >= 11 is 0. The van der Waals surface area contributed by atoms with E-state index in [0.717, 1.165) is 22.4 Å². The van der Waals surface area contributed by atoms with Crippen molar-refractivity contribution in [1.82, 2.24) is 0 Å². The molecule has 0 atom stereocenters. The van der Waals surface area contributed by atoms with Crippen LogP contribution in [0.4, 0.5) is 10.5 Å². The van der Waals surface area contributed by atoms with Gasteiger partial charge < -0.3 is 4.74 Å². The summed E-state index contributed by atoms with van der Waals surface area (Å²) in [6.07, 6.45) is -0.432. The van der Waals surface area contributed by atoms with Crippen molar-refractivity contribution >= 4 is 11.8 Å². The molecule has 0 heterocycles. The molecule has 0 radical (unpaired) electrons. The van der Waals surface area contributed by atoms with E-state index in [2.05, 4.69) is 23.5 Å². The van der Waals surface area contributed by atoms with Crippen LogP contribution in [-0.2, 0) is 4.74 Å². The van der Waals surface area contributed by atoms with E-state index >= 15 is 0 Å². The molecule has 3 heteroatoms. The number of amides is 1. The topological polar surface area (TPSA) is 38.3 Å². The molecule has 0 fully saturated rings. The van der Waals surface area contributed by atoms with Crippen molar-refractivity contribution in [2.45, 2.75) is 33.3 Å². The second kappa shape index (κ2) is 6.00. The van der Waals surface area contributed by atoms with Crippen molar-refractivity contribution in [3.05, 3.63) is 54.1 Å². The molecule has 1 amide bonds. The third kappa shape index (κ3) is 4.35. The second-order valence-corrected chi connectivity index (χ2v) is 6.02. The Hall–Kier alpha value is -2.29. The SMILES string of the molecule is Cc1cc(-c2ccccc2)ccc1NC(=O)OC(C)(C)C. The number of rotatable bonds is 2. The molecule has 3 nitrogen and oxygen atoms in total. The standard InChI is InChI=1S/C18H21NO2/c1-13-12-15(14-8-6-5-7-9-14)10-11-16(13)19-17(20)21-18(2,3)4/h5-12H,1-4H3,(H,19,20). The van der Waals surface area contributed by atoms with E-state index in [-0.39, 0.29) is 0 Å². The molecule has 0 aliphatic heterocycles. The Kier molecular flexibility index (Phi) is 4.32. The van der Waals surface area contributed by atoms with Gasteiger partial charge in [-0.05, 0) is 56.5 Å². The predicted octanol–water partition coefficient (Wildman–Crippen LogP) is 5.01. The zero-order chi connectivity index (χ0) is 15.5. The Morgan fingerprint density at radius 1 is 1.00 bits per heavy atom. The molecule has 110 valence electrons. The minimum absolute atomic E-state index is 0.432. The Morgan fingerprint density at radius 2 is 1.67 bits per heavy atom. The molecule has 0 saturated carbocycles. The van der Waals surface area contributed by atoms with E-state index in [1.807, 2.05) is 58.0 Å². The highest BCUT2D eigenvalue weighted by Crippen LogP contribution is 2.25. The molecule has 0 spiro atoms. The van der Waals surface area contributed by atoms with E-state index < -0.39 is 11.7 Å². The number of anilines is 1. The zero-order valence-electron chi connectivity index (χ0n) is 12.9. The summed E-state index contributed by atoms with van der Waals surface area (Å²) in [5.74, 6) is 0. The molecule has 0 saturated heterocycles. The molecular formula is C18H21NO2. The van der Waals surface area contributed by atoms with Gasteiger partial charge in [0.2, 0.25) is 0 Å². The summed E-state index contributed by atoms with van der Waals surface area (Å²) in [4.78, 5) is 11.8. The quantitative estimate of drug-likeness (QED) is 0.841. The molecule has 2 aromatic carbocycles. The van der Waals surface area contributed by atoms with Crippen LogP contribution < -0.4 is 5.32 Å². The van der Waals surface area contributed by atoms with E-state index in [4.69, 9.17) is 4.74 Å². The van der Waals surface area contributed by atoms with Crippen LogP contribution in [0.2, 0.25) is 0 Å². The lowest BCUT2D eigenvalue weighted by atomic mass is 10.0. The summed E-state index contributed by atoms with van der Waals surface area (Å²) in [6, 6.07) is 16.1. The summed E-state index contributed by atoms with van der Waals surface area (Å²) < 4.78 is 5.26. The van der Waals surface area contributed by atoms with Crippen LogP contribution in [0.1, 0.15) is 26.3 Å². The van der Waals surface area contributed by atoms with Crippen molar-refractivity contribution < 1.29 is 9.53 Å². The highest BCUT2D eigenvalue weighted by Gasteiger charge is 2.16. The van der Waals surface area contributed by atoms with Gasteiger partial charge in [-0.2, -0.15) is 0 Å². The van der Waals surface area contributed by atoms with E-state index in [1.54, 1.807) is 0 Å². The van der Waals surface area contributed by atoms with Gasteiger partial charge in [-0.15, -0.1) is 0 Å². The zero-order valence-corrected chi connectivity index (χ0v) is 12.9. The average molecular weight is 283 g/mol. The Labute approximate surface area is 126 Å². The maximum Gasteiger partial charge on any atom is 0.412 e. The summed E-state index contributed by atoms with van der Waals surface area (Å²) in [5.41, 5.74) is 3.56. The van der Waals surface area contributed by atoms with Crippen LogP contribution in [0.3, 0.4) is 0 Å². The maximum atomic E-state index is 11.8. The van der Waals surface area contributed by atoms with E-state index in [1.165, 1.54) is 0 Å². The molecule has 0 aliphatic carbocycles. The van der Waals surface area contributed by atoms with Gasteiger partial charge in [0.25, 0.3) is 0 Å². The minimum atomic E-state index is -0.498. The van der Waals surface area contributed by atoms with Crippen LogP contribution >= 0.6 is 0 Å². The fraction of sp³-hybridized carbons (Fsp3) is 0.278. The van der Waals surface area contributed by atoms with Gasteiger partial charge in [-0.1, -0.05) is 36.4 Å². The largest absolute Gasteiger partial charge is 0.444 e. The molecule has 0 bridgehead atoms. The fourth-order valence-corrected chi connectivity index (χ4v) is 2.03. The summed E-state index contributed by atoms with van der Waals surface area (Å²) in [5, 5.41) is 2.78. The van der Waals surface area contributed by atoms with Gasteiger partial charge in [0.1, 0.15) is 5.60 Å². The number of hydrogen-bond donors (Lipinski definition) is 1. The van der Waals surface area contributed by atoms with Crippen LogP contribution in [0.15, 0.2) is 48.5 Å². The third-order valence-corrected chi connectivity index (χ3v) is 2.97. The Morgan fingerprint density at radius 3 is 2.24 bits per heavy atom. The minimum Gasteiger partial charge on any atom is -0.444 e. The van der Waals surface area contributed by atoms with Gasteiger partial charge in [-0.3, -0.25) is 5.32 Å². The van der Waals surface area contributed by atoms with Gasteiger partial charge in [0, 0.05) is 5.69 Å². The van der Waals surface area contributed by atoms with Crippen LogP contribution in [0, 0.1) is 6.92 Å². The normalized spacial score (nSPS) is 11.0. The number of nitrogens with one attached hydrogen (secondary N) is 1. The lowest BCUT2D eigenvalue weighted by Gasteiger charge is -2.20. The van der Waals surface area contributed by atoms with E-state index in [9.17, 15) is 4.79 Å². The van der Waals surface area contributed by atoms with Crippen molar-refractivity contribution in [2.24, 2.45) is 0 Å². The van der Waals surface area contributed by atoms with Crippen molar-refractivity contribution in [3.8, 4) is 11.1 Å². The molecule has 0 aliphatic rings. The monoisotopic (exact) mass is 283 g/mol. The number of hydrogen-bond acceptors (Lipinski definition) is 2. The Balaban J connectivity index is 2.15. The second-order valence-electron chi connectivity index (χ2n) is 6.02. The lowest BCUT2D eigenvalue weighted by molar-refractivity contribution is 0.0636. The van der Waals surface area contributed by atoms with Gasteiger partial charge in [-0.25, -0.2) is 4.79 Å². The molecule has 21 heavy (non-hydrogen) atoms. The fourth-order valence-electron chi connectivity index (χ4n) is 2.03. The van der Waals surface area contributed by atoms with Crippen molar-refractivity contribution in [1.29, 1.82) is 0 Å². The third-order valence-electron chi connectivity index (χ3n) is 2.97. The van der Waals surface area contributed by atoms with Crippen LogP contribution in [0.25, 0.3) is 11.1 Å². The highest BCUT2D eigenvalue weighted by atomic mass is 16.6. The number of carbonyl (C=O) groups excluding carboxylic acids is 1. The number of benzene rings is 2. The molecule has 2 rings (SSSR count). The smallest absolute Gasteiger partial charge is 0.412 e. The van der Waals surface area contributed by atoms with Crippen LogP contribution in [0.5, 0.6) is 0 Å². The number of carbonyl (C=O) groups is 1. The first kappa shape index (κ1) is 15.1. The summed E-state index contributed by atoms with van der Waals surface area (Å²) in [7, 11) is 0. The summed E-state index contributed by atoms with van der Waals surface area (Å²) in [6.45, 7) is 7.51. The van der Waals surface area contributed by atoms with Gasteiger partial charge in [0.05, 0.1) is 0 Å². The maximum absolute atomic E-state index is 11.8. The van der Waals surface area contributed by atoms with Gasteiger partial charge in [0.15, 0.2) is 0 Å². The highest BCUT2D eigenvalue weighted by molar-refractivity contribution is 5.86. The lowest BCUT2D eigenvalue weighted by Crippen LogP contribution is -2.27. The average Bonchev–Trinajstić information content (AvgIpc) is 2.40. The molecule has 0 aromatic heterocycles. The number of ether oxygens (including phenoxy) is 1. The predicted molar refractivity (Wildman–Crippen MR) is 86.5 cm³/mol. The Bertz CT molecular complexity index is 627. The first-order valence-corrected chi connectivity index (χ1v) is 7.01. The first-order chi connectivity index (χ1) is 9.85. The van der Waals surface area contributed by atoms with Crippen molar-refractivity contribution in [3.63, 3.8) is 0 Å². The van der Waals surface area contributed by atoms with E-state index in [0.29, 0.717) is 0 Å². The van der Waals surface area contributed by atoms with Gasteiger partial charge >= 0.3 is 6.09 Å².